The molecule has 6 nitrogen and oxygen atoms in total. The van der Waals surface area contributed by atoms with Crippen LogP contribution in [0.5, 0.6) is 5.75 Å². The van der Waals surface area contributed by atoms with E-state index in [2.05, 4.69) is 16.7 Å². The average molecular weight is 368 g/mol. The van der Waals surface area contributed by atoms with Gasteiger partial charge in [0.05, 0.1) is 22.4 Å². The number of benzene rings is 2. The van der Waals surface area contributed by atoms with Gasteiger partial charge in [0.1, 0.15) is 11.2 Å². The molecule has 3 aromatic heterocycles. The normalized spacial score (nSPS) is 12.6. The first-order valence-electron chi connectivity index (χ1n) is 9.21. The van der Waals surface area contributed by atoms with E-state index in [-0.39, 0.29) is 5.97 Å². The van der Waals surface area contributed by atoms with Crippen LogP contribution in [0.15, 0.2) is 48.5 Å². The fourth-order valence-electron chi connectivity index (χ4n) is 4.35. The average Bonchev–Trinajstić information content (AvgIpc) is 3.32. The van der Waals surface area contributed by atoms with E-state index in [1.165, 1.54) is 12.5 Å². The Labute approximate surface area is 160 Å². The Hall–Kier alpha value is -3.67. The molecule has 0 N–H and O–H groups in total. The third-order valence-electron chi connectivity index (χ3n) is 5.41. The highest BCUT2D eigenvalue weighted by atomic mass is 16.5. The fraction of sp³-hybridized carbons (Fsp3) is 0.136. The van der Waals surface area contributed by atoms with Crippen LogP contribution in [0, 0.1) is 6.92 Å². The van der Waals surface area contributed by atoms with E-state index in [0.29, 0.717) is 12.2 Å². The maximum absolute atomic E-state index is 11.9. The van der Waals surface area contributed by atoms with Crippen molar-refractivity contribution >= 4 is 33.7 Å². The molecule has 5 aromatic rings. The number of rotatable bonds is 1. The lowest BCUT2D eigenvalue weighted by molar-refractivity contribution is -0.131. The molecule has 1 aliphatic rings. The molecule has 0 bridgehead atoms. The molecule has 2 aromatic carbocycles. The minimum absolute atomic E-state index is 0.346. The van der Waals surface area contributed by atoms with Gasteiger partial charge in [-0.25, -0.2) is 9.97 Å². The van der Waals surface area contributed by atoms with Gasteiger partial charge in [0, 0.05) is 13.3 Å². The topological polar surface area (TPSA) is 61.4 Å². The van der Waals surface area contributed by atoms with Crippen molar-refractivity contribution in [3.63, 3.8) is 0 Å². The van der Waals surface area contributed by atoms with E-state index in [9.17, 15) is 4.79 Å². The van der Waals surface area contributed by atoms with Crippen LogP contribution in [0.2, 0.25) is 0 Å². The lowest BCUT2D eigenvalue weighted by atomic mass is 10.1. The quantitative estimate of drug-likeness (QED) is 0.412. The van der Waals surface area contributed by atoms with Crippen LogP contribution in [0.1, 0.15) is 24.0 Å². The van der Waals surface area contributed by atoms with Crippen LogP contribution in [-0.4, -0.2) is 24.9 Å². The van der Waals surface area contributed by atoms with Crippen molar-refractivity contribution in [2.24, 2.45) is 0 Å². The van der Waals surface area contributed by atoms with Crippen molar-refractivity contribution in [3.8, 4) is 11.4 Å². The highest BCUT2D eigenvalue weighted by Gasteiger charge is 2.31. The van der Waals surface area contributed by atoms with Gasteiger partial charge in [-0.2, -0.15) is 0 Å². The third-order valence-corrected chi connectivity index (χ3v) is 5.41. The number of para-hydroxylation sites is 3. The lowest BCUT2D eigenvalue weighted by Gasteiger charge is -2.07. The maximum Gasteiger partial charge on any atom is 0.308 e. The minimum Gasteiger partial charge on any atom is -0.424 e. The summed E-state index contributed by atoms with van der Waals surface area (Å²) in [4.78, 5) is 21.7. The van der Waals surface area contributed by atoms with Crippen LogP contribution in [0.3, 0.4) is 0 Å². The van der Waals surface area contributed by atoms with Gasteiger partial charge in [-0.3, -0.25) is 13.8 Å². The van der Waals surface area contributed by atoms with Crippen molar-refractivity contribution in [3.05, 3.63) is 65.6 Å². The standard InChI is InChI=1S/C22H16N4O2/c1-12-23-21-19(22-24-15-8-4-6-10-17(15)25(12)22)20(28-13(2)27)18-11-14-7-3-5-9-16(14)26(18)21/h3-10H,11H2,1-2H3. The second-order valence-electron chi connectivity index (χ2n) is 7.13. The number of imidazole rings is 1. The molecule has 28 heavy (non-hydrogen) atoms. The highest BCUT2D eigenvalue weighted by molar-refractivity contribution is 6.03. The predicted molar refractivity (Wildman–Crippen MR) is 106 cm³/mol. The molecular weight excluding hydrogens is 352 g/mol. The Kier molecular flexibility index (Phi) is 2.86. The minimum atomic E-state index is -0.346. The molecular formula is C22H16N4O2. The van der Waals surface area contributed by atoms with Crippen molar-refractivity contribution in [2.45, 2.75) is 20.3 Å². The number of ether oxygens (including phenoxy) is 1. The smallest absolute Gasteiger partial charge is 0.308 e. The van der Waals surface area contributed by atoms with Crippen molar-refractivity contribution in [1.82, 2.24) is 18.9 Å². The lowest BCUT2D eigenvalue weighted by Crippen LogP contribution is -2.03. The van der Waals surface area contributed by atoms with Crippen molar-refractivity contribution in [1.29, 1.82) is 0 Å². The number of aromatic nitrogens is 4. The van der Waals surface area contributed by atoms with Crippen molar-refractivity contribution < 1.29 is 9.53 Å². The van der Waals surface area contributed by atoms with Crippen LogP contribution in [-0.2, 0) is 11.2 Å². The van der Waals surface area contributed by atoms with Gasteiger partial charge in [0.25, 0.3) is 0 Å². The summed E-state index contributed by atoms with van der Waals surface area (Å²) in [5, 5.41) is 0.779. The number of nitrogens with zero attached hydrogens (tertiary/aromatic N) is 4. The molecule has 0 atom stereocenters. The van der Waals surface area contributed by atoms with Gasteiger partial charge >= 0.3 is 5.97 Å². The van der Waals surface area contributed by atoms with E-state index in [0.717, 1.165) is 44.9 Å². The van der Waals surface area contributed by atoms with Gasteiger partial charge in [-0.15, -0.1) is 0 Å². The summed E-state index contributed by atoms with van der Waals surface area (Å²) in [6.07, 6.45) is 0.695. The third kappa shape index (κ3) is 1.84. The van der Waals surface area contributed by atoms with Crippen LogP contribution in [0.4, 0.5) is 0 Å². The molecule has 0 aliphatic carbocycles. The number of esters is 1. The first kappa shape index (κ1) is 15.4. The molecule has 4 heterocycles. The molecule has 0 saturated carbocycles. The van der Waals surface area contributed by atoms with Gasteiger partial charge in [0.15, 0.2) is 17.0 Å². The maximum atomic E-state index is 11.9. The largest absolute Gasteiger partial charge is 0.424 e. The van der Waals surface area contributed by atoms with Crippen molar-refractivity contribution in [2.75, 3.05) is 0 Å². The second-order valence-corrected chi connectivity index (χ2v) is 7.13. The zero-order valence-electron chi connectivity index (χ0n) is 15.4. The first-order chi connectivity index (χ1) is 13.6. The summed E-state index contributed by atoms with van der Waals surface area (Å²) in [5.74, 6) is 1.06. The number of hydrogen-bond donors (Lipinski definition) is 0. The molecule has 136 valence electrons. The van der Waals surface area contributed by atoms with Crippen LogP contribution < -0.4 is 4.74 Å². The summed E-state index contributed by atoms with van der Waals surface area (Å²) in [5.41, 5.74) is 6.63. The molecule has 6 heteroatoms. The Balaban J connectivity index is 1.84. The second kappa shape index (κ2) is 5.19. The van der Waals surface area contributed by atoms with Gasteiger partial charge in [0.2, 0.25) is 0 Å². The molecule has 0 spiro atoms. The molecule has 0 fully saturated rings. The number of fused-ring (bicyclic) bond motifs is 9. The summed E-state index contributed by atoms with van der Waals surface area (Å²) >= 11 is 0. The van der Waals surface area contributed by atoms with E-state index in [4.69, 9.17) is 14.7 Å². The number of carbonyl (C=O) groups excluding carboxylic acids is 1. The number of aryl methyl sites for hydroxylation is 1. The molecule has 0 saturated heterocycles. The Morgan fingerprint density at radius 1 is 1.04 bits per heavy atom. The Bertz CT molecular complexity index is 1460. The Morgan fingerprint density at radius 2 is 1.82 bits per heavy atom. The molecule has 1 aliphatic heterocycles. The molecule has 0 amide bonds. The Morgan fingerprint density at radius 3 is 2.68 bits per heavy atom. The molecule has 0 radical (unpaired) electrons. The van der Waals surface area contributed by atoms with E-state index in [1.807, 2.05) is 47.7 Å². The zero-order valence-corrected chi connectivity index (χ0v) is 15.4. The predicted octanol–water partition coefficient (Wildman–Crippen LogP) is 3.96. The number of carbonyl (C=O) groups is 1. The van der Waals surface area contributed by atoms with Crippen LogP contribution in [0.25, 0.3) is 33.4 Å². The van der Waals surface area contributed by atoms with E-state index < -0.39 is 0 Å². The van der Waals surface area contributed by atoms with Gasteiger partial charge in [-0.1, -0.05) is 30.3 Å². The summed E-state index contributed by atoms with van der Waals surface area (Å²) < 4.78 is 9.87. The summed E-state index contributed by atoms with van der Waals surface area (Å²) in [6.45, 7) is 3.41. The molecule has 6 rings (SSSR count). The highest BCUT2D eigenvalue weighted by Crippen LogP contribution is 2.43. The first-order valence-corrected chi connectivity index (χ1v) is 9.21. The molecule has 0 unspecified atom stereocenters. The summed E-state index contributed by atoms with van der Waals surface area (Å²) in [7, 11) is 0. The zero-order chi connectivity index (χ0) is 19.0. The summed E-state index contributed by atoms with van der Waals surface area (Å²) in [6, 6.07) is 16.2. The van der Waals surface area contributed by atoms with Gasteiger partial charge in [-0.05, 0) is 30.7 Å². The van der Waals surface area contributed by atoms with Crippen LogP contribution >= 0.6 is 0 Å². The van der Waals surface area contributed by atoms with Gasteiger partial charge < -0.3 is 4.74 Å². The van der Waals surface area contributed by atoms with E-state index in [1.54, 1.807) is 0 Å². The SMILES string of the molecule is CC(=O)Oc1c2n(c3nc(C)n4c5ccccc5nc4c13)-c1ccccc1C2. The number of hydrogen-bond acceptors (Lipinski definition) is 4. The monoisotopic (exact) mass is 368 g/mol. The van der Waals surface area contributed by atoms with E-state index >= 15 is 0 Å². The fourth-order valence-corrected chi connectivity index (χ4v) is 4.35.